The van der Waals surface area contributed by atoms with Crippen LogP contribution in [0.25, 0.3) is 10.8 Å². The lowest BCUT2D eigenvalue weighted by atomic mass is 9.78. The number of hydrogen-bond acceptors (Lipinski definition) is 1. The summed E-state index contributed by atoms with van der Waals surface area (Å²) in [6.07, 6.45) is 6.19. The average Bonchev–Trinajstić information content (AvgIpc) is 2.57. The van der Waals surface area contributed by atoms with E-state index in [9.17, 15) is 0 Å². The second-order valence-electron chi connectivity index (χ2n) is 5.29. The van der Waals surface area contributed by atoms with Gasteiger partial charge in [0.1, 0.15) is 0 Å². The van der Waals surface area contributed by atoms with Gasteiger partial charge in [0.05, 0.1) is 5.60 Å². The number of hydrogen-bond donors (Lipinski definition) is 0. The molecule has 2 aromatic rings. The van der Waals surface area contributed by atoms with Crippen LogP contribution >= 0.6 is 0 Å². The Labute approximate surface area is 123 Å². The van der Waals surface area contributed by atoms with Crippen LogP contribution in [0.1, 0.15) is 51.5 Å². The van der Waals surface area contributed by atoms with Crippen molar-refractivity contribution in [3.63, 3.8) is 0 Å². The second kappa shape index (κ2) is 6.90. The zero-order valence-electron chi connectivity index (χ0n) is 13.0. The summed E-state index contributed by atoms with van der Waals surface area (Å²) in [7, 11) is 1.87. The average molecular weight is 270 g/mol. The molecule has 0 radical (unpaired) electrons. The lowest BCUT2D eigenvalue weighted by Gasteiger charge is -2.37. The lowest BCUT2D eigenvalue weighted by Crippen LogP contribution is -2.31. The van der Waals surface area contributed by atoms with Gasteiger partial charge in [-0.25, -0.2) is 0 Å². The van der Waals surface area contributed by atoms with Crippen LogP contribution < -0.4 is 0 Å². The third-order valence-electron chi connectivity index (χ3n) is 4.33. The van der Waals surface area contributed by atoms with Crippen molar-refractivity contribution < 1.29 is 4.74 Å². The van der Waals surface area contributed by atoms with Crippen molar-refractivity contribution in [3.8, 4) is 0 Å². The number of rotatable bonds is 2. The number of ether oxygens (including phenoxy) is 1. The molecular formula is C19H26O. The molecule has 0 unspecified atom stereocenters. The summed E-state index contributed by atoms with van der Waals surface area (Å²) in [6.45, 7) is 4.00. The maximum absolute atomic E-state index is 5.97. The molecule has 0 saturated heterocycles. The highest BCUT2D eigenvalue weighted by molar-refractivity contribution is 5.86. The van der Waals surface area contributed by atoms with Crippen LogP contribution in [0.15, 0.2) is 42.5 Å². The maximum atomic E-state index is 5.97. The van der Waals surface area contributed by atoms with Crippen LogP contribution in [0.2, 0.25) is 0 Å². The fourth-order valence-electron chi connectivity index (χ4n) is 3.33. The monoisotopic (exact) mass is 270 g/mol. The molecule has 1 heteroatoms. The standard InChI is InChI=1S/C17H20O.C2H6/c1-18-17(12-5-2-6-13-17)16-11-7-9-14-8-3-4-10-15(14)16;1-2/h3-4,7-11H,2,5-6,12-13H2,1H3;1-2H3. The zero-order valence-corrected chi connectivity index (χ0v) is 13.0. The van der Waals surface area contributed by atoms with Gasteiger partial charge in [0.15, 0.2) is 0 Å². The topological polar surface area (TPSA) is 9.23 Å². The summed E-state index contributed by atoms with van der Waals surface area (Å²) < 4.78 is 5.97. The number of benzene rings is 2. The summed E-state index contributed by atoms with van der Waals surface area (Å²) in [5.41, 5.74) is 1.32. The van der Waals surface area contributed by atoms with Crippen molar-refractivity contribution in [1.29, 1.82) is 0 Å². The van der Waals surface area contributed by atoms with Crippen molar-refractivity contribution in [1.82, 2.24) is 0 Å². The second-order valence-corrected chi connectivity index (χ2v) is 5.29. The van der Waals surface area contributed by atoms with Crippen LogP contribution in [0, 0.1) is 0 Å². The summed E-state index contributed by atoms with van der Waals surface area (Å²) >= 11 is 0. The van der Waals surface area contributed by atoms with Gasteiger partial charge in [-0.3, -0.25) is 0 Å². The molecule has 2 aromatic carbocycles. The molecule has 0 N–H and O–H groups in total. The highest BCUT2D eigenvalue weighted by Gasteiger charge is 2.34. The normalized spacial score (nSPS) is 17.4. The highest BCUT2D eigenvalue weighted by atomic mass is 16.5. The molecule has 1 fully saturated rings. The van der Waals surface area contributed by atoms with Crippen LogP contribution in [0.4, 0.5) is 0 Å². The summed E-state index contributed by atoms with van der Waals surface area (Å²) in [5, 5.41) is 2.67. The first-order valence-electron chi connectivity index (χ1n) is 7.89. The van der Waals surface area contributed by atoms with Crippen molar-refractivity contribution in [3.05, 3.63) is 48.0 Å². The summed E-state index contributed by atoms with van der Waals surface area (Å²) in [4.78, 5) is 0. The first-order chi connectivity index (χ1) is 9.86. The van der Waals surface area contributed by atoms with E-state index in [0.717, 1.165) is 12.8 Å². The van der Waals surface area contributed by atoms with Crippen LogP contribution in [0.3, 0.4) is 0 Å². The van der Waals surface area contributed by atoms with E-state index in [1.165, 1.54) is 35.6 Å². The molecule has 0 aliphatic heterocycles. The molecule has 0 aromatic heterocycles. The van der Waals surface area contributed by atoms with Crippen molar-refractivity contribution in [2.75, 3.05) is 7.11 Å². The van der Waals surface area contributed by atoms with Gasteiger partial charge in [-0.15, -0.1) is 0 Å². The molecule has 1 aliphatic carbocycles. The molecule has 0 atom stereocenters. The third-order valence-corrected chi connectivity index (χ3v) is 4.33. The zero-order chi connectivity index (χ0) is 14.4. The molecule has 0 heterocycles. The van der Waals surface area contributed by atoms with E-state index in [-0.39, 0.29) is 5.60 Å². The van der Waals surface area contributed by atoms with Gasteiger partial charge < -0.3 is 4.74 Å². The minimum absolute atomic E-state index is 0.0564. The molecule has 1 aliphatic rings. The largest absolute Gasteiger partial charge is 0.374 e. The van der Waals surface area contributed by atoms with Gasteiger partial charge in [0, 0.05) is 7.11 Å². The predicted molar refractivity (Wildman–Crippen MR) is 87.1 cm³/mol. The molecule has 20 heavy (non-hydrogen) atoms. The highest BCUT2D eigenvalue weighted by Crippen LogP contribution is 2.42. The smallest absolute Gasteiger partial charge is 0.0933 e. The fourth-order valence-corrected chi connectivity index (χ4v) is 3.33. The Hall–Kier alpha value is -1.34. The number of methoxy groups -OCH3 is 1. The Morgan fingerprint density at radius 1 is 0.850 bits per heavy atom. The summed E-state index contributed by atoms with van der Waals surface area (Å²) in [6, 6.07) is 15.2. The van der Waals surface area contributed by atoms with Gasteiger partial charge in [-0.1, -0.05) is 75.6 Å². The van der Waals surface area contributed by atoms with Gasteiger partial charge in [-0.05, 0) is 29.2 Å². The van der Waals surface area contributed by atoms with Crippen LogP contribution in [0.5, 0.6) is 0 Å². The Morgan fingerprint density at radius 3 is 2.20 bits per heavy atom. The van der Waals surface area contributed by atoms with Gasteiger partial charge in [0.2, 0.25) is 0 Å². The van der Waals surface area contributed by atoms with Crippen LogP contribution in [-0.2, 0) is 10.3 Å². The van der Waals surface area contributed by atoms with Gasteiger partial charge in [-0.2, -0.15) is 0 Å². The fraction of sp³-hybridized carbons (Fsp3) is 0.474. The molecule has 108 valence electrons. The molecule has 1 nitrogen and oxygen atoms in total. The molecule has 1 saturated carbocycles. The van der Waals surface area contributed by atoms with Crippen LogP contribution in [-0.4, -0.2) is 7.11 Å². The first-order valence-corrected chi connectivity index (χ1v) is 7.89. The molecule has 0 amide bonds. The van der Waals surface area contributed by atoms with Crippen molar-refractivity contribution >= 4 is 10.8 Å². The van der Waals surface area contributed by atoms with Gasteiger partial charge >= 0.3 is 0 Å². The Bertz CT molecular complexity index is 533. The molecular weight excluding hydrogens is 244 g/mol. The van der Waals surface area contributed by atoms with E-state index in [1.54, 1.807) is 0 Å². The Balaban J connectivity index is 0.000000704. The lowest BCUT2D eigenvalue weighted by molar-refractivity contribution is -0.0433. The molecule has 0 spiro atoms. The van der Waals surface area contributed by atoms with E-state index < -0.39 is 0 Å². The molecule has 3 rings (SSSR count). The predicted octanol–water partition coefficient (Wildman–Crippen LogP) is 5.67. The molecule has 0 bridgehead atoms. The first kappa shape index (κ1) is 15.1. The SMILES string of the molecule is CC.COC1(c2cccc3ccccc23)CCCCC1. The van der Waals surface area contributed by atoms with E-state index in [0.29, 0.717) is 0 Å². The van der Waals surface area contributed by atoms with E-state index >= 15 is 0 Å². The van der Waals surface area contributed by atoms with Crippen molar-refractivity contribution in [2.45, 2.75) is 51.6 Å². The van der Waals surface area contributed by atoms with E-state index in [1.807, 2.05) is 21.0 Å². The van der Waals surface area contributed by atoms with Gasteiger partial charge in [0.25, 0.3) is 0 Å². The van der Waals surface area contributed by atoms with E-state index in [2.05, 4.69) is 42.5 Å². The third kappa shape index (κ3) is 2.73. The summed E-state index contributed by atoms with van der Waals surface area (Å²) in [5.74, 6) is 0. The van der Waals surface area contributed by atoms with E-state index in [4.69, 9.17) is 4.74 Å². The maximum Gasteiger partial charge on any atom is 0.0933 e. The quantitative estimate of drug-likeness (QED) is 0.683. The Morgan fingerprint density at radius 2 is 1.50 bits per heavy atom. The Kier molecular flexibility index (Phi) is 5.19. The number of fused-ring (bicyclic) bond motifs is 1. The van der Waals surface area contributed by atoms with Crippen molar-refractivity contribution in [2.24, 2.45) is 0 Å². The minimum atomic E-state index is -0.0564. The minimum Gasteiger partial charge on any atom is -0.374 e.